The van der Waals surface area contributed by atoms with Gasteiger partial charge in [0.05, 0.1) is 22.7 Å². The Bertz CT molecular complexity index is 571. The lowest BCUT2D eigenvalue weighted by atomic mass is 9.92. The Kier molecular flexibility index (Phi) is 3.85. The third-order valence-corrected chi connectivity index (χ3v) is 4.63. The van der Waals surface area contributed by atoms with Crippen molar-refractivity contribution in [2.24, 2.45) is 0 Å². The van der Waals surface area contributed by atoms with Gasteiger partial charge >= 0.3 is 0 Å². The molecular weight excluding hydrogens is 272 g/mol. The molecule has 1 aliphatic rings. The molecule has 1 atom stereocenters. The van der Waals surface area contributed by atoms with Crippen molar-refractivity contribution in [1.29, 1.82) is 0 Å². The first-order chi connectivity index (χ1) is 9.72. The highest BCUT2D eigenvalue weighted by molar-refractivity contribution is 7.09. The predicted molar refractivity (Wildman–Crippen MR) is 77.8 cm³/mol. The lowest BCUT2D eigenvalue weighted by molar-refractivity contribution is 0.240. The molecule has 0 radical (unpaired) electrons. The van der Waals surface area contributed by atoms with E-state index >= 15 is 0 Å². The Hall–Kier alpha value is -1.27. The maximum absolute atomic E-state index is 5.54. The van der Waals surface area contributed by atoms with Gasteiger partial charge in [0.1, 0.15) is 0 Å². The third-order valence-electron chi connectivity index (χ3n) is 3.80. The zero-order valence-electron chi connectivity index (χ0n) is 12.0. The molecule has 0 aliphatic carbocycles. The standard InChI is InChI=1S/C14H20N4OS/c1-3-5-14(6-4-7-15-14)13-17-12(18-19-13)8-11-9-20-10(2)16-11/h9,15H,3-8H2,1-2H3. The van der Waals surface area contributed by atoms with Crippen molar-refractivity contribution >= 4 is 11.3 Å². The van der Waals surface area contributed by atoms with E-state index in [1.807, 2.05) is 6.92 Å². The predicted octanol–water partition coefficient (Wildman–Crippen LogP) is 2.80. The van der Waals surface area contributed by atoms with Gasteiger partial charge in [-0.2, -0.15) is 4.98 Å². The van der Waals surface area contributed by atoms with Gasteiger partial charge in [0.15, 0.2) is 5.82 Å². The lowest BCUT2D eigenvalue weighted by Crippen LogP contribution is -2.37. The summed E-state index contributed by atoms with van der Waals surface area (Å²) >= 11 is 1.65. The summed E-state index contributed by atoms with van der Waals surface area (Å²) in [6, 6.07) is 0. The van der Waals surface area contributed by atoms with E-state index in [1.54, 1.807) is 11.3 Å². The molecule has 2 aromatic heterocycles. The molecule has 1 fully saturated rings. The second-order valence-electron chi connectivity index (χ2n) is 5.41. The number of hydrogen-bond donors (Lipinski definition) is 1. The third kappa shape index (κ3) is 2.62. The highest BCUT2D eigenvalue weighted by atomic mass is 32.1. The fraction of sp³-hybridized carbons (Fsp3) is 0.643. The highest BCUT2D eigenvalue weighted by Gasteiger charge is 2.39. The van der Waals surface area contributed by atoms with Crippen molar-refractivity contribution in [3.8, 4) is 0 Å². The van der Waals surface area contributed by atoms with Crippen LogP contribution in [0.2, 0.25) is 0 Å². The van der Waals surface area contributed by atoms with Crippen molar-refractivity contribution in [3.05, 3.63) is 27.8 Å². The number of thiazole rings is 1. The molecule has 0 spiro atoms. The van der Waals surface area contributed by atoms with Gasteiger partial charge in [-0.1, -0.05) is 18.5 Å². The number of hydrogen-bond acceptors (Lipinski definition) is 6. The summed E-state index contributed by atoms with van der Waals surface area (Å²) in [5.41, 5.74) is 0.918. The van der Waals surface area contributed by atoms with Crippen LogP contribution in [-0.4, -0.2) is 21.7 Å². The largest absolute Gasteiger partial charge is 0.337 e. The molecule has 20 heavy (non-hydrogen) atoms. The van der Waals surface area contributed by atoms with Gasteiger partial charge in [-0.3, -0.25) is 0 Å². The van der Waals surface area contributed by atoms with Crippen LogP contribution in [0.15, 0.2) is 9.90 Å². The van der Waals surface area contributed by atoms with E-state index in [2.05, 4.69) is 32.7 Å². The molecule has 3 rings (SSSR count). The second-order valence-corrected chi connectivity index (χ2v) is 6.48. The van der Waals surface area contributed by atoms with Gasteiger partial charge in [0.25, 0.3) is 0 Å². The minimum absolute atomic E-state index is 0.0992. The fourth-order valence-corrected chi connectivity index (χ4v) is 3.52. The van der Waals surface area contributed by atoms with Crippen LogP contribution in [0.4, 0.5) is 0 Å². The van der Waals surface area contributed by atoms with Crippen molar-refractivity contribution in [1.82, 2.24) is 20.4 Å². The molecule has 0 saturated carbocycles. The number of nitrogens with one attached hydrogen (secondary N) is 1. The van der Waals surface area contributed by atoms with Gasteiger partial charge < -0.3 is 9.84 Å². The monoisotopic (exact) mass is 292 g/mol. The molecule has 1 saturated heterocycles. The average Bonchev–Trinajstić information content (AvgIpc) is 3.12. The number of aromatic nitrogens is 3. The Labute approximate surface area is 122 Å². The summed E-state index contributed by atoms with van der Waals surface area (Å²) in [5.74, 6) is 1.48. The minimum Gasteiger partial charge on any atom is -0.337 e. The van der Waals surface area contributed by atoms with Crippen molar-refractivity contribution in [2.75, 3.05) is 6.54 Å². The van der Waals surface area contributed by atoms with Gasteiger partial charge in [0, 0.05) is 5.38 Å². The highest BCUT2D eigenvalue weighted by Crippen LogP contribution is 2.34. The lowest BCUT2D eigenvalue weighted by Gasteiger charge is -2.24. The van der Waals surface area contributed by atoms with E-state index in [0.717, 1.165) is 48.2 Å². The molecular formula is C14H20N4OS. The summed E-state index contributed by atoms with van der Waals surface area (Å²) < 4.78 is 5.54. The van der Waals surface area contributed by atoms with E-state index in [1.165, 1.54) is 6.42 Å². The molecule has 3 heterocycles. The Morgan fingerprint density at radius 3 is 3.00 bits per heavy atom. The maximum atomic E-state index is 5.54. The molecule has 1 N–H and O–H groups in total. The molecule has 5 nitrogen and oxygen atoms in total. The zero-order valence-corrected chi connectivity index (χ0v) is 12.8. The van der Waals surface area contributed by atoms with E-state index in [-0.39, 0.29) is 5.54 Å². The summed E-state index contributed by atoms with van der Waals surface area (Å²) in [6.45, 7) is 5.23. The Morgan fingerprint density at radius 2 is 2.35 bits per heavy atom. The van der Waals surface area contributed by atoms with Crippen molar-refractivity contribution in [3.63, 3.8) is 0 Å². The van der Waals surface area contributed by atoms with Crippen LogP contribution < -0.4 is 5.32 Å². The number of aryl methyl sites for hydroxylation is 1. The zero-order chi connectivity index (χ0) is 14.0. The van der Waals surface area contributed by atoms with Gasteiger partial charge in [0.2, 0.25) is 5.89 Å². The average molecular weight is 292 g/mol. The van der Waals surface area contributed by atoms with Crippen LogP contribution >= 0.6 is 11.3 Å². The summed E-state index contributed by atoms with van der Waals surface area (Å²) in [6.07, 6.45) is 5.05. The van der Waals surface area contributed by atoms with Crippen LogP contribution in [0, 0.1) is 6.92 Å². The Balaban J connectivity index is 1.78. The van der Waals surface area contributed by atoms with Gasteiger partial charge in [-0.15, -0.1) is 11.3 Å². The number of rotatable bonds is 5. The van der Waals surface area contributed by atoms with Crippen molar-refractivity contribution in [2.45, 2.75) is 51.5 Å². The molecule has 0 amide bonds. The van der Waals surface area contributed by atoms with Crippen LogP contribution in [0.1, 0.15) is 55.0 Å². The summed E-state index contributed by atoms with van der Waals surface area (Å²) in [5, 5.41) is 10.8. The van der Waals surface area contributed by atoms with E-state index in [4.69, 9.17) is 4.52 Å². The first kappa shape index (κ1) is 13.7. The fourth-order valence-electron chi connectivity index (χ4n) is 2.91. The minimum atomic E-state index is -0.0992. The van der Waals surface area contributed by atoms with Crippen LogP contribution in [0.25, 0.3) is 0 Å². The first-order valence-electron chi connectivity index (χ1n) is 7.21. The SMILES string of the molecule is CCCC1(c2nc(Cc3csc(C)n3)no2)CCCN1. The maximum Gasteiger partial charge on any atom is 0.246 e. The summed E-state index contributed by atoms with van der Waals surface area (Å²) in [7, 11) is 0. The van der Waals surface area contributed by atoms with Gasteiger partial charge in [-0.05, 0) is 32.7 Å². The molecule has 2 aromatic rings. The van der Waals surface area contributed by atoms with Crippen molar-refractivity contribution < 1.29 is 4.52 Å². The van der Waals surface area contributed by atoms with Gasteiger partial charge in [-0.25, -0.2) is 4.98 Å². The van der Waals surface area contributed by atoms with Crippen LogP contribution in [0.3, 0.4) is 0 Å². The smallest absolute Gasteiger partial charge is 0.246 e. The topological polar surface area (TPSA) is 63.8 Å². The summed E-state index contributed by atoms with van der Waals surface area (Å²) in [4.78, 5) is 9.06. The molecule has 0 bridgehead atoms. The molecule has 108 valence electrons. The normalized spacial score (nSPS) is 22.5. The molecule has 1 unspecified atom stereocenters. The van der Waals surface area contributed by atoms with E-state index in [0.29, 0.717) is 6.42 Å². The van der Waals surface area contributed by atoms with E-state index < -0.39 is 0 Å². The quantitative estimate of drug-likeness (QED) is 0.918. The number of nitrogens with zero attached hydrogens (tertiary/aromatic N) is 3. The molecule has 0 aromatic carbocycles. The molecule has 6 heteroatoms. The van der Waals surface area contributed by atoms with E-state index in [9.17, 15) is 0 Å². The second kappa shape index (κ2) is 5.61. The Morgan fingerprint density at radius 1 is 1.45 bits per heavy atom. The first-order valence-corrected chi connectivity index (χ1v) is 8.09. The molecule has 1 aliphatic heterocycles. The van der Waals surface area contributed by atoms with Crippen LogP contribution in [-0.2, 0) is 12.0 Å². The van der Waals surface area contributed by atoms with Crippen LogP contribution in [0.5, 0.6) is 0 Å².